The van der Waals surface area contributed by atoms with Crippen LogP contribution in [-0.4, -0.2) is 72.6 Å². The van der Waals surface area contributed by atoms with Crippen LogP contribution in [0.4, 0.5) is 5.82 Å². The Balaban J connectivity index is 0.891. The third kappa shape index (κ3) is 7.22. The van der Waals surface area contributed by atoms with E-state index in [2.05, 4.69) is 37.4 Å². The zero-order valence-electron chi connectivity index (χ0n) is 30.0. The largest absolute Gasteiger partial charge is 0.496 e. The highest BCUT2D eigenvalue weighted by atomic mass is 16.5. The maximum absolute atomic E-state index is 13.2. The molecular formula is C39H47N9O4. The van der Waals surface area contributed by atoms with Crippen LogP contribution >= 0.6 is 0 Å². The number of hydrogen-bond acceptors (Lipinski definition) is 9. The van der Waals surface area contributed by atoms with E-state index >= 15 is 0 Å². The van der Waals surface area contributed by atoms with Crippen LogP contribution < -0.4 is 21.5 Å². The second kappa shape index (κ2) is 15.5. The number of benzene rings is 2. The van der Waals surface area contributed by atoms with Crippen molar-refractivity contribution >= 4 is 28.7 Å². The summed E-state index contributed by atoms with van der Waals surface area (Å²) in [7, 11) is 3.41. The van der Waals surface area contributed by atoms with Gasteiger partial charge in [0.15, 0.2) is 5.82 Å². The number of likely N-dealkylation sites (tertiary alicyclic amines) is 1. The molecule has 0 bridgehead atoms. The Morgan fingerprint density at radius 1 is 0.962 bits per heavy atom. The first-order chi connectivity index (χ1) is 25.3. The van der Waals surface area contributed by atoms with Gasteiger partial charge in [-0.2, -0.15) is 5.10 Å². The molecule has 3 N–H and O–H groups in total. The van der Waals surface area contributed by atoms with Gasteiger partial charge in [-0.1, -0.05) is 43.5 Å². The van der Waals surface area contributed by atoms with Crippen LogP contribution in [-0.2, 0) is 23.1 Å². The van der Waals surface area contributed by atoms with E-state index in [0.29, 0.717) is 24.0 Å². The van der Waals surface area contributed by atoms with E-state index in [1.165, 1.54) is 6.42 Å². The number of carbonyl (C=O) groups excluding carboxylic acids is 2. The third-order valence-corrected chi connectivity index (χ3v) is 10.6. The Labute approximate surface area is 302 Å². The molecule has 272 valence electrons. The lowest BCUT2D eigenvalue weighted by Gasteiger charge is -2.32. The van der Waals surface area contributed by atoms with E-state index in [1.807, 2.05) is 48.7 Å². The van der Waals surface area contributed by atoms with Crippen molar-refractivity contribution < 1.29 is 14.3 Å². The van der Waals surface area contributed by atoms with Crippen LogP contribution in [0.25, 0.3) is 33.4 Å². The smallest absolute Gasteiger partial charge is 0.329 e. The van der Waals surface area contributed by atoms with Gasteiger partial charge in [0.25, 0.3) is 0 Å². The fraction of sp³-hybridized carbons (Fsp3) is 0.436. The van der Waals surface area contributed by atoms with Crippen LogP contribution in [0.3, 0.4) is 0 Å². The van der Waals surface area contributed by atoms with Gasteiger partial charge in [0.2, 0.25) is 11.8 Å². The molecule has 2 aromatic carbocycles. The number of carbonyl (C=O) groups is 2. The Morgan fingerprint density at radius 2 is 1.79 bits per heavy atom. The summed E-state index contributed by atoms with van der Waals surface area (Å²) in [4.78, 5) is 40.1. The van der Waals surface area contributed by atoms with Crippen molar-refractivity contribution in [2.24, 2.45) is 7.05 Å². The Kier molecular flexibility index (Phi) is 10.5. The molecule has 0 spiro atoms. The average Bonchev–Trinajstić information content (AvgIpc) is 3.75. The van der Waals surface area contributed by atoms with Gasteiger partial charge >= 0.3 is 5.69 Å². The Bertz CT molecular complexity index is 2130. The van der Waals surface area contributed by atoms with Gasteiger partial charge < -0.3 is 15.4 Å². The van der Waals surface area contributed by atoms with Crippen molar-refractivity contribution in [3.05, 3.63) is 77.0 Å². The molecule has 2 fully saturated rings. The van der Waals surface area contributed by atoms with Gasteiger partial charge in [-0.25, -0.2) is 4.79 Å². The molecule has 2 aliphatic heterocycles. The summed E-state index contributed by atoms with van der Waals surface area (Å²) in [6.07, 6.45) is 13.2. The van der Waals surface area contributed by atoms with Crippen LogP contribution in [0, 0.1) is 0 Å². The van der Waals surface area contributed by atoms with Crippen LogP contribution in [0.5, 0.6) is 5.75 Å². The van der Waals surface area contributed by atoms with Crippen molar-refractivity contribution in [1.29, 1.82) is 0 Å². The zero-order chi connectivity index (χ0) is 36.2. The van der Waals surface area contributed by atoms with Gasteiger partial charge in [-0.3, -0.25) is 28.7 Å². The standard InChI is InChI=1S/C39H47N9O4/c1-45-36-26(13-10-16-32(36)48(39(45)51)33-18-19-35(49)42-38(33)50)12-6-4-3-5-9-20-46-21-11-14-28(25-46)47-24-27(23-41-47)30-22-31(43-44-37(30)40)29-15-7-8-17-34(29)52-2/h7-8,10,13,15-17,22-24,28,33H,3-6,9,11-12,14,18-21,25H2,1-2H3,(H2,40,44)(H,42,49,50). The monoisotopic (exact) mass is 705 g/mol. The molecule has 2 aliphatic rings. The molecule has 0 saturated carbocycles. The molecule has 7 rings (SSSR count). The normalized spacial score (nSPS) is 18.2. The number of anilines is 1. The lowest BCUT2D eigenvalue weighted by molar-refractivity contribution is -0.135. The molecule has 3 aromatic heterocycles. The number of unbranched alkanes of at least 4 members (excludes halogenated alkanes) is 4. The lowest BCUT2D eigenvalue weighted by Crippen LogP contribution is -2.44. The predicted molar refractivity (Wildman–Crippen MR) is 200 cm³/mol. The van der Waals surface area contributed by atoms with E-state index in [1.54, 1.807) is 23.3 Å². The number of nitrogen functional groups attached to an aromatic ring is 1. The molecule has 0 aliphatic carbocycles. The number of para-hydroxylation sites is 2. The fourth-order valence-corrected chi connectivity index (χ4v) is 7.88. The number of ether oxygens (including phenoxy) is 1. The predicted octanol–water partition coefficient (Wildman–Crippen LogP) is 5.06. The average molecular weight is 706 g/mol. The molecule has 0 radical (unpaired) electrons. The number of nitrogens with two attached hydrogens (primary N) is 1. The zero-order valence-corrected chi connectivity index (χ0v) is 30.0. The van der Waals surface area contributed by atoms with Crippen molar-refractivity contribution in [2.75, 3.05) is 32.5 Å². The number of piperidine rings is 2. The molecule has 13 heteroatoms. The minimum Gasteiger partial charge on any atom is -0.496 e. The molecule has 2 amide bonds. The van der Waals surface area contributed by atoms with Gasteiger partial charge in [0.05, 0.1) is 36.1 Å². The van der Waals surface area contributed by atoms with Crippen molar-refractivity contribution in [2.45, 2.75) is 76.3 Å². The molecule has 2 atom stereocenters. The molecule has 5 aromatic rings. The van der Waals surface area contributed by atoms with Crippen molar-refractivity contribution in [3.63, 3.8) is 0 Å². The number of hydrogen-bond donors (Lipinski definition) is 2. The summed E-state index contributed by atoms with van der Waals surface area (Å²) >= 11 is 0. The van der Waals surface area contributed by atoms with E-state index in [4.69, 9.17) is 15.6 Å². The number of methoxy groups -OCH3 is 1. The first kappa shape index (κ1) is 35.1. The first-order valence-corrected chi connectivity index (χ1v) is 18.4. The minimum atomic E-state index is -0.667. The SMILES string of the molecule is COc1ccccc1-c1cc(-c2cnn(C3CCCN(CCCCCCCc4cccc5c4n(C)c(=O)n5C4CCC(=O)NC4=O)C3)c2)c(N)nn1. The number of rotatable bonds is 13. The topological polar surface area (TPSA) is 155 Å². The lowest BCUT2D eigenvalue weighted by atomic mass is 10.0. The Hall–Kier alpha value is -5.30. The number of aromatic nitrogens is 6. The summed E-state index contributed by atoms with van der Waals surface area (Å²) in [5, 5.41) is 15.7. The van der Waals surface area contributed by atoms with Crippen LogP contribution in [0.1, 0.15) is 75.4 Å². The summed E-state index contributed by atoms with van der Waals surface area (Å²) in [6.45, 7) is 3.15. The number of imide groups is 1. The maximum atomic E-state index is 13.2. The highest BCUT2D eigenvalue weighted by Gasteiger charge is 2.31. The van der Waals surface area contributed by atoms with Crippen LogP contribution in [0.2, 0.25) is 0 Å². The number of imidazole rings is 1. The summed E-state index contributed by atoms with van der Waals surface area (Å²) in [6, 6.07) is 15.3. The van der Waals surface area contributed by atoms with Gasteiger partial charge in [-0.15, -0.1) is 10.2 Å². The summed E-state index contributed by atoms with van der Waals surface area (Å²) < 4.78 is 10.8. The van der Waals surface area contributed by atoms with Gasteiger partial charge in [-0.05, 0) is 81.4 Å². The van der Waals surface area contributed by atoms with E-state index < -0.39 is 11.9 Å². The number of amides is 2. The molecule has 2 saturated heterocycles. The molecule has 2 unspecified atom stereocenters. The van der Waals surface area contributed by atoms with E-state index in [-0.39, 0.29) is 18.0 Å². The summed E-state index contributed by atoms with van der Waals surface area (Å²) in [5.41, 5.74) is 12.1. The van der Waals surface area contributed by atoms with E-state index in [9.17, 15) is 14.4 Å². The highest BCUT2D eigenvalue weighted by Crippen LogP contribution is 2.33. The molecule has 52 heavy (non-hydrogen) atoms. The number of nitrogens with zero attached hydrogens (tertiary/aromatic N) is 7. The Morgan fingerprint density at radius 3 is 2.63 bits per heavy atom. The van der Waals surface area contributed by atoms with Gasteiger partial charge in [0.1, 0.15) is 11.8 Å². The van der Waals surface area contributed by atoms with Gasteiger partial charge in [0, 0.05) is 42.9 Å². The van der Waals surface area contributed by atoms with Crippen LogP contribution in [0.15, 0.2) is 65.7 Å². The number of fused-ring (bicyclic) bond motifs is 1. The number of aryl methyl sites for hydroxylation is 2. The molecule has 13 nitrogen and oxygen atoms in total. The summed E-state index contributed by atoms with van der Waals surface area (Å²) in [5.74, 6) is 0.408. The second-order valence-corrected chi connectivity index (χ2v) is 14.0. The van der Waals surface area contributed by atoms with Crippen molar-refractivity contribution in [1.82, 2.24) is 39.3 Å². The first-order valence-electron chi connectivity index (χ1n) is 18.4. The maximum Gasteiger partial charge on any atom is 0.329 e. The second-order valence-electron chi connectivity index (χ2n) is 14.0. The highest BCUT2D eigenvalue weighted by molar-refractivity contribution is 6.00. The minimum absolute atomic E-state index is 0.223. The number of nitrogens with one attached hydrogen (secondary N) is 1. The van der Waals surface area contributed by atoms with Crippen molar-refractivity contribution in [3.8, 4) is 28.1 Å². The van der Waals surface area contributed by atoms with E-state index in [0.717, 1.165) is 104 Å². The molecule has 5 heterocycles. The molecular weight excluding hydrogens is 658 g/mol. The third-order valence-electron chi connectivity index (χ3n) is 10.6. The fourth-order valence-electron chi connectivity index (χ4n) is 7.88. The quantitative estimate of drug-likeness (QED) is 0.126.